The Balaban J connectivity index is 1.39. The Morgan fingerprint density at radius 3 is 1.67 bits per heavy atom. The first-order valence-electron chi connectivity index (χ1n) is 16.0. The molecule has 214 valence electrons. The van der Waals surface area contributed by atoms with E-state index in [2.05, 4.69) is 170 Å². The molecule has 0 bridgehead atoms. The van der Waals surface area contributed by atoms with Crippen molar-refractivity contribution in [3.63, 3.8) is 0 Å². The summed E-state index contributed by atoms with van der Waals surface area (Å²) in [6.45, 7) is 2.37. The zero-order valence-electron chi connectivity index (χ0n) is 25.3. The monoisotopic (exact) mass is 575 g/mol. The van der Waals surface area contributed by atoms with Crippen LogP contribution in [-0.4, -0.2) is 0 Å². The van der Waals surface area contributed by atoms with E-state index in [1.807, 2.05) is 0 Å². The first kappa shape index (κ1) is 26.0. The topological polar surface area (TPSA) is 12.0 Å². The van der Waals surface area contributed by atoms with Crippen molar-refractivity contribution in [2.75, 3.05) is 5.32 Å². The molecule has 3 aliphatic rings. The summed E-state index contributed by atoms with van der Waals surface area (Å²) in [6.07, 6.45) is 5.85. The zero-order chi connectivity index (χ0) is 30.0. The molecule has 45 heavy (non-hydrogen) atoms. The molecule has 0 aliphatic heterocycles. The maximum Gasteiger partial charge on any atom is 0.0746 e. The van der Waals surface area contributed by atoms with Crippen LogP contribution in [0.3, 0.4) is 0 Å². The fourth-order valence-corrected chi connectivity index (χ4v) is 8.20. The fourth-order valence-electron chi connectivity index (χ4n) is 8.20. The van der Waals surface area contributed by atoms with E-state index in [9.17, 15) is 0 Å². The van der Waals surface area contributed by atoms with Gasteiger partial charge in [0.15, 0.2) is 0 Å². The second-order valence-electron chi connectivity index (χ2n) is 12.6. The summed E-state index contributed by atoms with van der Waals surface area (Å²) in [5.74, 6) is 0.384. The van der Waals surface area contributed by atoms with E-state index in [1.165, 1.54) is 72.5 Å². The molecule has 3 aliphatic carbocycles. The normalized spacial score (nSPS) is 16.7. The minimum Gasteiger partial charge on any atom is -0.355 e. The van der Waals surface area contributed by atoms with Crippen molar-refractivity contribution >= 4 is 22.5 Å². The quantitative estimate of drug-likeness (QED) is 0.220. The fraction of sp³-hybridized carbons (Fsp3) is 0.0909. The molecule has 1 heteroatoms. The molecule has 0 saturated heterocycles. The molecule has 0 aromatic heterocycles. The van der Waals surface area contributed by atoms with Crippen molar-refractivity contribution in [2.45, 2.75) is 18.8 Å². The van der Waals surface area contributed by atoms with Crippen molar-refractivity contribution in [2.24, 2.45) is 5.92 Å². The molecule has 0 saturated carbocycles. The lowest BCUT2D eigenvalue weighted by Gasteiger charge is -2.34. The van der Waals surface area contributed by atoms with Gasteiger partial charge in [-0.05, 0) is 80.1 Å². The van der Waals surface area contributed by atoms with E-state index in [0.717, 1.165) is 12.1 Å². The summed E-state index contributed by atoms with van der Waals surface area (Å²) < 4.78 is 0. The first-order chi connectivity index (χ1) is 22.2. The number of hydrogen-bond donors (Lipinski definition) is 1. The Labute approximate surface area is 265 Å². The smallest absolute Gasteiger partial charge is 0.0746 e. The molecule has 6 aromatic rings. The van der Waals surface area contributed by atoms with Crippen molar-refractivity contribution in [3.05, 3.63) is 191 Å². The highest BCUT2D eigenvalue weighted by atomic mass is 14.9. The third-order valence-corrected chi connectivity index (χ3v) is 10.1. The minimum atomic E-state index is -0.428. The standard InChI is InChI=1S/C44H33N/c1-29-24-25-31(30-14-4-2-5-15-30)28-38(29)37-27-26-36-35-20-10-13-23-41(35)44(42(36)43(37)45-32-16-6-3-7-17-32)39-21-11-8-18-33(39)34-19-9-12-22-40(34)44/h2-23,25-29,45H,24H2,1H3. The zero-order valence-corrected chi connectivity index (χ0v) is 25.3. The summed E-state index contributed by atoms with van der Waals surface area (Å²) in [5, 5.41) is 4.03. The molecule has 0 fully saturated rings. The van der Waals surface area contributed by atoms with Crippen molar-refractivity contribution in [1.82, 2.24) is 0 Å². The molecule has 1 nitrogen and oxygen atoms in total. The van der Waals surface area contributed by atoms with Gasteiger partial charge in [0, 0.05) is 16.8 Å². The molecular formula is C44H33N. The number of para-hydroxylation sites is 1. The highest BCUT2D eigenvalue weighted by Gasteiger charge is 2.53. The van der Waals surface area contributed by atoms with Crippen LogP contribution in [0, 0.1) is 5.92 Å². The molecule has 1 N–H and O–H groups in total. The van der Waals surface area contributed by atoms with E-state index in [4.69, 9.17) is 0 Å². The average molecular weight is 576 g/mol. The van der Waals surface area contributed by atoms with Gasteiger partial charge in [0.1, 0.15) is 0 Å². The minimum absolute atomic E-state index is 0.384. The SMILES string of the molecule is CC1CC=C(c2ccccc2)C=C1c1ccc2c(c1Nc1ccccc1)C1(c3ccccc3-c3ccccc31)c1ccccc1-2. The Morgan fingerprint density at radius 2 is 1.04 bits per heavy atom. The number of nitrogens with one attached hydrogen (secondary N) is 1. The van der Waals surface area contributed by atoms with Crippen LogP contribution < -0.4 is 5.32 Å². The molecule has 9 rings (SSSR count). The molecule has 0 amide bonds. The van der Waals surface area contributed by atoms with Gasteiger partial charge in [-0.3, -0.25) is 0 Å². The Kier molecular flexibility index (Phi) is 5.83. The number of anilines is 2. The van der Waals surface area contributed by atoms with Crippen LogP contribution in [0.1, 0.15) is 46.7 Å². The summed E-state index contributed by atoms with van der Waals surface area (Å²) >= 11 is 0. The number of rotatable bonds is 4. The Bertz CT molecular complexity index is 2100. The largest absolute Gasteiger partial charge is 0.355 e. The van der Waals surface area contributed by atoms with E-state index >= 15 is 0 Å². The highest BCUT2D eigenvalue weighted by molar-refractivity contribution is 6.01. The van der Waals surface area contributed by atoms with E-state index < -0.39 is 5.41 Å². The molecule has 1 atom stereocenters. The lowest BCUT2D eigenvalue weighted by Crippen LogP contribution is -2.27. The predicted molar refractivity (Wildman–Crippen MR) is 189 cm³/mol. The van der Waals surface area contributed by atoms with E-state index in [0.29, 0.717) is 5.92 Å². The van der Waals surface area contributed by atoms with Gasteiger partial charge < -0.3 is 5.32 Å². The third-order valence-electron chi connectivity index (χ3n) is 10.1. The Morgan fingerprint density at radius 1 is 0.533 bits per heavy atom. The predicted octanol–water partition coefficient (Wildman–Crippen LogP) is 11.3. The van der Waals surface area contributed by atoms with Crippen LogP contribution in [0.5, 0.6) is 0 Å². The molecule has 0 heterocycles. The third kappa shape index (κ3) is 3.74. The number of benzene rings is 6. The van der Waals surface area contributed by atoms with Crippen molar-refractivity contribution < 1.29 is 0 Å². The van der Waals surface area contributed by atoms with Gasteiger partial charge in [-0.2, -0.15) is 0 Å². The van der Waals surface area contributed by atoms with Gasteiger partial charge in [-0.15, -0.1) is 0 Å². The number of fused-ring (bicyclic) bond motifs is 10. The lowest BCUT2D eigenvalue weighted by molar-refractivity contribution is 0.759. The van der Waals surface area contributed by atoms with E-state index in [-0.39, 0.29) is 0 Å². The van der Waals surface area contributed by atoms with Crippen LogP contribution in [0.2, 0.25) is 0 Å². The van der Waals surface area contributed by atoms with Crippen molar-refractivity contribution in [1.29, 1.82) is 0 Å². The first-order valence-corrected chi connectivity index (χ1v) is 16.0. The molecule has 1 spiro atoms. The summed E-state index contributed by atoms with van der Waals surface area (Å²) in [7, 11) is 0. The van der Waals surface area contributed by atoms with Crippen LogP contribution in [0.25, 0.3) is 33.4 Å². The van der Waals surface area contributed by atoms with Crippen LogP contribution in [-0.2, 0) is 5.41 Å². The average Bonchev–Trinajstić information content (AvgIpc) is 3.57. The van der Waals surface area contributed by atoms with Gasteiger partial charge in [0.05, 0.1) is 11.1 Å². The van der Waals surface area contributed by atoms with Gasteiger partial charge in [0.25, 0.3) is 0 Å². The van der Waals surface area contributed by atoms with Crippen LogP contribution in [0.15, 0.2) is 158 Å². The van der Waals surface area contributed by atoms with Gasteiger partial charge in [0.2, 0.25) is 0 Å². The number of allylic oxidation sites excluding steroid dienone is 4. The van der Waals surface area contributed by atoms with Gasteiger partial charge in [-0.25, -0.2) is 0 Å². The molecular weight excluding hydrogens is 542 g/mol. The van der Waals surface area contributed by atoms with E-state index in [1.54, 1.807) is 0 Å². The highest BCUT2D eigenvalue weighted by Crippen LogP contribution is 2.65. The Hall–Kier alpha value is -5.40. The summed E-state index contributed by atoms with van der Waals surface area (Å²) in [4.78, 5) is 0. The van der Waals surface area contributed by atoms with Crippen molar-refractivity contribution in [3.8, 4) is 22.3 Å². The number of hydrogen-bond acceptors (Lipinski definition) is 1. The van der Waals surface area contributed by atoms with Gasteiger partial charge in [-0.1, -0.05) is 153 Å². The molecule has 1 unspecified atom stereocenters. The molecule has 0 radical (unpaired) electrons. The lowest BCUT2D eigenvalue weighted by atomic mass is 9.69. The second-order valence-corrected chi connectivity index (χ2v) is 12.6. The second kappa shape index (κ2) is 10.1. The van der Waals surface area contributed by atoms with Gasteiger partial charge >= 0.3 is 0 Å². The van der Waals surface area contributed by atoms with Crippen LogP contribution >= 0.6 is 0 Å². The summed E-state index contributed by atoms with van der Waals surface area (Å²) in [5.41, 5.74) is 17.8. The molecule has 6 aromatic carbocycles. The maximum atomic E-state index is 4.03. The van der Waals surface area contributed by atoms with Crippen LogP contribution in [0.4, 0.5) is 11.4 Å². The summed E-state index contributed by atoms with van der Waals surface area (Å²) in [6, 6.07) is 53.5. The maximum absolute atomic E-state index is 4.03.